The summed E-state index contributed by atoms with van der Waals surface area (Å²) >= 11 is 0. The Kier molecular flexibility index (Phi) is 5.83. The summed E-state index contributed by atoms with van der Waals surface area (Å²) in [6.45, 7) is 6.23. The number of nitrogens with zero attached hydrogens (tertiary/aromatic N) is 1. The summed E-state index contributed by atoms with van der Waals surface area (Å²) in [6, 6.07) is 10.1. The first-order chi connectivity index (χ1) is 9.24. The molecule has 1 aliphatic rings. The largest absolute Gasteiger partial charge is 0.389 e. The molecule has 1 aromatic rings. The van der Waals surface area contributed by atoms with Crippen LogP contribution in [0.4, 0.5) is 0 Å². The Morgan fingerprint density at radius 3 is 2.89 bits per heavy atom. The summed E-state index contributed by atoms with van der Waals surface area (Å²) in [4.78, 5) is 2.35. The molecular weight excluding hydrogens is 238 g/mol. The smallest absolute Gasteiger partial charge is 0.0900 e. The van der Waals surface area contributed by atoms with Crippen LogP contribution < -0.4 is 0 Å². The highest BCUT2D eigenvalue weighted by molar-refractivity contribution is 5.13. The van der Waals surface area contributed by atoms with Gasteiger partial charge in [0.2, 0.25) is 0 Å². The minimum Gasteiger partial charge on any atom is -0.389 e. The SMILES string of the molecule is C[C@H]1CCCN(C[C@H](O)COCc2ccccc2)C1. The molecule has 0 spiro atoms. The van der Waals surface area contributed by atoms with Gasteiger partial charge in [0.25, 0.3) is 0 Å². The molecule has 1 aromatic carbocycles. The molecule has 1 saturated heterocycles. The van der Waals surface area contributed by atoms with E-state index in [1.807, 2.05) is 30.3 Å². The van der Waals surface area contributed by atoms with Crippen molar-refractivity contribution in [1.29, 1.82) is 0 Å². The lowest BCUT2D eigenvalue weighted by molar-refractivity contribution is 0.00377. The van der Waals surface area contributed by atoms with Gasteiger partial charge >= 0.3 is 0 Å². The van der Waals surface area contributed by atoms with Crippen LogP contribution in [0, 0.1) is 5.92 Å². The number of piperidine rings is 1. The predicted molar refractivity (Wildman–Crippen MR) is 76.9 cm³/mol. The van der Waals surface area contributed by atoms with Gasteiger partial charge in [-0.25, -0.2) is 0 Å². The van der Waals surface area contributed by atoms with E-state index >= 15 is 0 Å². The van der Waals surface area contributed by atoms with E-state index in [-0.39, 0.29) is 6.10 Å². The van der Waals surface area contributed by atoms with Gasteiger partial charge in [-0.2, -0.15) is 0 Å². The summed E-state index contributed by atoms with van der Waals surface area (Å²) in [7, 11) is 0. The predicted octanol–water partition coefficient (Wildman–Crippen LogP) is 2.30. The van der Waals surface area contributed by atoms with Crippen molar-refractivity contribution in [3.05, 3.63) is 35.9 Å². The maximum Gasteiger partial charge on any atom is 0.0900 e. The van der Waals surface area contributed by atoms with Crippen LogP contribution in [0.3, 0.4) is 0 Å². The molecule has 0 aliphatic carbocycles. The van der Waals surface area contributed by atoms with Crippen LogP contribution >= 0.6 is 0 Å². The van der Waals surface area contributed by atoms with Gasteiger partial charge in [-0.3, -0.25) is 0 Å². The molecule has 106 valence electrons. The molecule has 19 heavy (non-hydrogen) atoms. The minimum absolute atomic E-state index is 0.381. The van der Waals surface area contributed by atoms with Crippen molar-refractivity contribution in [3.8, 4) is 0 Å². The van der Waals surface area contributed by atoms with E-state index < -0.39 is 0 Å². The second-order valence-electron chi connectivity index (χ2n) is 5.66. The number of hydrogen-bond donors (Lipinski definition) is 1. The topological polar surface area (TPSA) is 32.7 Å². The van der Waals surface area contributed by atoms with Crippen LogP contribution in [0.25, 0.3) is 0 Å². The Bertz CT molecular complexity index is 355. The van der Waals surface area contributed by atoms with E-state index in [9.17, 15) is 5.11 Å². The lowest BCUT2D eigenvalue weighted by atomic mass is 10.0. The van der Waals surface area contributed by atoms with E-state index in [0.29, 0.717) is 13.2 Å². The van der Waals surface area contributed by atoms with Crippen LogP contribution in [0.2, 0.25) is 0 Å². The summed E-state index contributed by atoms with van der Waals surface area (Å²) in [5, 5.41) is 10.00. The number of hydrogen-bond acceptors (Lipinski definition) is 3. The van der Waals surface area contributed by atoms with Gasteiger partial charge in [0.1, 0.15) is 0 Å². The van der Waals surface area contributed by atoms with E-state index in [1.54, 1.807) is 0 Å². The normalized spacial score (nSPS) is 22.3. The molecule has 2 atom stereocenters. The average Bonchev–Trinajstić information content (AvgIpc) is 2.40. The quantitative estimate of drug-likeness (QED) is 0.855. The Balaban J connectivity index is 1.63. The second-order valence-corrected chi connectivity index (χ2v) is 5.66. The highest BCUT2D eigenvalue weighted by Gasteiger charge is 2.18. The third kappa shape index (κ3) is 5.31. The van der Waals surface area contributed by atoms with Gasteiger partial charge in [0, 0.05) is 13.1 Å². The lowest BCUT2D eigenvalue weighted by Gasteiger charge is -2.32. The maximum atomic E-state index is 10.00. The molecule has 1 aliphatic heterocycles. The van der Waals surface area contributed by atoms with E-state index in [0.717, 1.165) is 31.1 Å². The molecule has 1 heterocycles. The first kappa shape index (κ1) is 14.5. The molecule has 1 N–H and O–H groups in total. The maximum absolute atomic E-state index is 10.00. The molecule has 0 radical (unpaired) electrons. The Morgan fingerprint density at radius 2 is 2.16 bits per heavy atom. The minimum atomic E-state index is -0.381. The molecule has 1 fully saturated rings. The highest BCUT2D eigenvalue weighted by Crippen LogP contribution is 2.15. The zero-order valence-corrected chi connectivity index (χ0v) is 11.8. The van der Waals surface area contributed by atoms with Crippen molar-refractivity contribution < 1.29 is 9.84 Å². The number of rotatable bonds is 6. The number of benzene rings is 1. The van der Waals surface area contributed by atoms with Gasteiger partial charge in [-0.05, 0) is 30.9 Å². The number of aliphatic hydroxyl groups excluding tert-OH is 1. The van der Waals surface area contributed by atoms with Crippen LogP contribution in [-0.4, -0.2) is 42.4 Å². The van der Waals surface area contributed by atoms with E-state index in [2.05, 4.69) is 11.8 Å². The Hall–Kier alpha value is -0.900. The summed E-state index contributed by atoms with van der Waals surface area (Å²) in [6.07, 6.45) is 2.18. The third-order valence-electron chi connectivity index (χ3n) is 3.63. The molecule has 0 amide bonds. The zero-order valence-electron chi connectivity index (χ0n) is 11.8. The van der Waals surface area contributed by atoms with Gasteiger partial charge < -0.3 is 14.7 Å². The van der Waals surface area contributed by atoms with Gasteiger partial charge in [0.05, 0.1) is 19.3 Å². The monoisotopic (exact) mass is 263 g/mol. The fraction of sp³-hybridized carbons (Fsp3) is 0.625. The Morgan fingerprint density at radius 1 is 1.37 bits per heavy atom. The number of ether oxygens (including phenoxy) is 1. The van der Waals surface area contributed by atoms with Gasteiger partial charge in [0.15, 0.2) is 0 Å². The van der Waals surface area contributed by atoms with Crippen LogP contribution in [0.15, 0.2) is 30.3 Å². The van der Waals surface area contributed by atoms with Crippen molar-refractivity contribution in [1.82, 2.24) is 4.90 Å². The van der Waals surface area contributed by atoms with Crippen LogP contribution in [0.5, 0.6) is 0 Å². The van der Waals surface area contributed by atoms with Crippen molar-refractivity contribution >= 4 is 0 Å². The molecule has 3 nitrogen and oxygen atoms in total. The van der Waals surface area contributed by atoms with E-state index in [4.69, 9.17) is 4.74 Å². The highest BCUT2D eigenvalue weighted by atomic mass is 16.5. The summed E-state index contributed by atoms with van der Waals surface area (Å²) in [5.41, 5.74) is 1.15. The molecule has 0 saturated carbocycles. The van der Waals surface area contributed by atoms with E-state index in [1.165, 1.54) is 12.8 Å². The van der Waals surface area contributed by atoms with Crippen molar-refractivity contribution in [3.63, 3.8) is 0 Å². The second kappa shape index (κ2) is 7.63. The number of aliphatic hydroxyl groups is 1. The standard InChI is InChI=1S/C16H25NO2/c1-14-6-5-9-17(10-14)11-16(18)13-19-12-15-7-3-2-4-8-15/h2-4,7-8,14,16,18H,5-6,9-13H2,1H3/t14-,16-/m0/s1. The average molecular weight is 263 g/mol. The molecular formula is C16H25NO2. The first-order valence-corrected chi connectivity index (χ1v) is 7.26. The van der Waals surface area contributed by atoms with Gasteiger partial charge in [-0.15, -0.1) is 0 Å². The number of β-amino-alcohol motifs (C(OH)–C–C–N with tert-alkyl or cyclic N) is 1. The Labute approximate surface area is 116 Å². The zero-order chi connectivity index (χ0) is 13.5. The van der Waals surface area contributed by atoms with Crippen molar-refractivity contribution in [2.45, 2.75) is 32.5 Å². The number of likely N-dealkylation sites (tertiary alicyclic amines) is 1. The van der Waals surface area contributed by atoms with Gasteiger partial charge in [-0.1, -0.05) is 37.3 Å². The summed E-state index contributed by atoms with van der Waals surface area (Å²) in [5.74, 6) is 0.756. The van der Waals surface area contributed by atoms with Crippen LogP contribution in [0.1, 0.15) is 25.3 Å². The van der Waals surface area contributed by atoms with Crippen molar-refractivity contribution in [2.24, 2.45) is 5.92 Å². The summed E-state index contributed by atoms with van der Waals surface area (Å²) < 4.78 is 5.57. The fourth-order valence-corrected chi connectivity index (χ4v) is 2.69. The molecule has 2 rings (SSSR count). The van der Waals surface area contributed by atoms with Crippen molar-refractivity contribution in [2.75, 3.05) is 26.2 Å². The third-order valence-corrected chi connectivity index (χ3v) is 3.63. The molecule has 3 heteroatoms. The first-order valence-electron chi connectivity index (χ1n) is 7.26. The molecule has 0 bridgehead atoms. The molecule has 0 aromatic heterocycles. The lowest BCUT2D eigenvalue weighted by Crippen LogP contribution is -2.40. The molecule has 0 unspecified atom stereocenters. The van der Waals surface area contributed by atoms with Crippen LogP contribution in [-0.2, 0) is 11.3 Å². The fourth-order valence-electron chi connectivity index (χ4n) is 2.69.